The van der Waals surface area contributed by atoms with Crippen molar-refractivity contribution in [2.24, 2.45) is 17.8 Å². The van der Waals surface area contributed by atoms with Crippen molar-refractivity contribution in [3.8, 4) is 22.4 Å². The fraction of sp³-hybridized carbons (Fsp3) is 0.405. The second kappa shape index (κ2) is 10.9. The molecule has 4 aliphatic rings. The molecule has 4 fully saturated rings. The monoisotopic (exact) mass is 647 g/mol. The molecule has 11 heteroatoms. The number of alkyl carbamates (subject to hydrolysis) is 1. The first-order valence-corrected chi connectivity index (χ1v) is 17.0. The third kappa shape index (κ3) is 4.86. The fourth-order valence-electron chi connectivity index (χ4n) is 8.13. The summed E-state index contributed by atoms with van der Waals surface area (Å²) in [6.07, 6.45) is 5.15. The van der Waals surface area contributed by atoms with Gasteiger partial charge in [0.25, 0.3) is 0 Å². The Bertz CT molecular complexity index is 2100. The molecule has 9 rings (SSSR count). The molecule has 7 atom stereocenters. The molecule has 0 radical (unpaired) electrons. The number of fused-ring (bicyclic) bond motifs is 5. The van der Waals surface area contributed by atoms with E-state index in [-0.39, 0.29) is 29.7 Å². The van der Waals surface area contributed by atoms with Gasteiger partial charge in [0.05, 0.1) is 42.1 Å². The predicted molar refractivity (Wildman–Crippen MR) is 179 cm³/mol. The van der Waals surface area contributed by atoms with Crippen molar-refractivity contribution in [1.82, 2.24) is 35.5 Å². The smallest absolute Gasteiger partial charge is 0.407 e. The normalized spacial score (nSPS) is 26.1. The van der Waals surface area contributed by atoms with Crippen molar-refractivity contribution < 1.29 is 18.7 Å². The van der Waals surface area contributed by atoms with Crippen LogP contribution in [0.2, 0.25) is 0 Å². The minimum atomic E-state index is -0.712. The first-order chi connectivity index (χ1) is 23.2. The first kappa shape index (κ1) is 29.4. The average Bonchev–Trinajstić information content (AvgIpc) is 3.67. The maximum atomic E-state index is 15.8. The van der Waals surface area contributed by atoms with E-state index in [2.05, 4.69) is 49.9 Å². The number of rotatable bonds is 7. The lowest BCUT2D eigenvalue weighted by Crippen LogP contribution is -2.52. The molecule has 3 aromatic carbocycles. The summed E-state index contributed by atoms with van der Waals surface area (Å²) in [6, 6.07) is 15.7. The van der Waals surface area contributed by atoms with Gasteiger partial charge in [-0.2, -0.15) is 0 Å². The van der Waals surface area contributed by atoms with Crippen LogP contribution in [0, 0.1) is 23.6 Å². The second-order valence-corrected chi connectivity index (χ2v) is 14.4. The topological polar surface area (TPSA) is 128 Å². The number of methoxy groups -OCH3 is 1. The van der Waals surface area contributed by atoms with Crippen LogP contribution in [0.4, 0.5) is 9.18 Å². The number of H-pyrrole nitrogens is 2. The van der Waals surface area contributed by atoms with Crippen LogP contribution in [0.1, 0.15) is 63.3 Å². The summed E-state index contributed by atoms with van der Waals surface area (Å²) in [4.78, 5) is 44.0. The van der Waals surface area contributed by atoms with Gasteiger partial charge in [0.1, 0.15) is 23.5 Å². The number of nitrogens with zero attached hydrogens (tertiary/aromatic N) is 3. The number of amides is 2. The zero-order chi connectivity index (χ0) is 32.8. The number of imidazole rings is 2. The Morgan fingerprint density at radius 2 is 1.81 bits per heavy atom. The van der Waals surface area contributed by atoms with E-state index >= 15 is 4.39 Å². The van der Waals surface area contributed by atoms with E-state index in [0.717, 1.165) is 63.9 Å². The summed E-state index contributed by atoms with van der Waals surface area (Å²) >= 11 is 0. The summed E-state index contributed by atoms with van der Waals surface area (Å²) < 4.78 is 20.5. The van der Waals surface area contributed by atoms with E-state index in [0.29, 0.717) is 35.1 Å². The minimum absolute atomic E-state index is 0.121. The van der Waals surface area contributed by atoms with E-state index in [1.54, 1.807) is 18.3 Å². The number of ether oxygens (including phenoxy) is 1. The Balaban J connectivity index is 0.956. The molecule has 0 spiro atoms. The van der Waals surface area contributed by atoms with Gasteiger partial charge in [-0.25, -0.2) is 19.2 Å². The van der Waals surface area contributed by atoms with Crippen molar-refractivity contribution in [2.45, 2.75) is 69.7 Å². The number of aromatic amines is 2. The maximum absolute atomic E-state index is 15.8. The summed E-state index contributed by atoms with van der Waals surface area (Å²) in [6.45, 7) is 3.79. The SMILES string of the molecule is COC(=O)N[C@H](C(=O)N1[C@@H]2CC2C[C@H]1c1ncc(-c2ccc(-c3ccc4c(ccc5[nH]c([C@@H]6C[C@H]7C[C@H]7N6)nc54)c3)cc2F)[nH]1)C(C)C. The summed E-state index contributed by atoms with van der Waals surface area (Å²) in [5, 5.41) is 8.51. The molecule has 246 valence electrons. The number of nitrogens with one attached hydrogen (secondary N) is 4. The third-order valence-electron chi connectivity index (χ3n) is 10.9. The van der Waals surface area contributed by atoms with Crippen LogP contribution in [-0.4, -0.2) is 62.1 Å². The molecular formula is C37H38FN7O3. The predicted octanol–water partition coefficient (Wildman–Crippen LogP) is 6.38. The zero-order valence-corrected chi connectivity index (χ0v) is 27.1. The van der Waals surface area contributed by atoms with E-state index in [1.807, 2.05) is 30.9 Å². The summed E-state index contributed by atoms with van der Waals surface area (Å²) in [5.41, 5.74) is 4.66. The molecule has 2 aliphatic heterocycles. The lowest BCUT2D eigenvalue weighted by Gasteiger charge is -2.31. The van der Waals surface area contributed by atoms with Gasteiger partial charge in [-0.1, -0.05) is 38.1 Å². The largest absolute Gasteiger partial charge is 0.453 e. The highest BCUT2D eigenvalue weighted by Gasteiger charge is 2.56. The number of hydrogen-bond donors (Lipinski definition) is 4. The number of halogens is 1. The molecule has 4 N–H and O–H groups in total. The van der Waals surface area contributed by atoms with Crippen molar-refractivity contribution >= 4 is 33.8 Å². The van der Waals surface area contributed by atoms with Gasteiger partial charge in [0.15, 0.2) is 0 Å². The summed E-state index contributed by atoms with van der Waals surface area (Å²) in [7, 11) is 1.29. The number of piperidine rings is 2. The van der Waals surface area contributed by atoms with Crippen molar-refractivity contribution in [3.05, 3.63) is 72.2 Å². The standard InChI is InChI=1S/C37H38FN7O3/c1-17(2)32(44-37(47)48-3)36(46)45-30-14-22(30)15-31(45)35-39-16-29(42-35)24-8-5-19(11-25(24)38)18-4-7-23-20(10-18)6-9-26-33(23)43-34(41-26)28-13-21-12-27(21)40-28/h4-11,16-17,21-22,27-28,30-32,40H,12-15H2,1-3H3,(H,39,42)(H,41,43)(H,44,47)/t21-,22?,27-,28+,30-,31+,32+/m1/s1. The van der Waals surface area contributed by atoms with Gasteiger partial charge < -0.3 is 30.2 Å². The van der Waals surface area contributed by atoms with Crippen LogP contribution in [-0.2, 0) is 9.53 Å². The summed E-state index contributed by atoms with van der Waals surface area (Å²) in [5.74, 6) is 2.19. The quantitative estimate of drug-likeness (QED) is 0.162. The van der Waals surface area contributed by atoms with Crippen molar-refractivity contribution in [3.63, 3.8) is 0 Å². The molecule has 0 bridgehead atoms. The highest BCUT2D eigenvalue weighted by atomic mass is 19.1. The van der Waals surface area contributed by atoms with Crippen molar-refractivity contribution in [2.75, 3.05) is 7.11 Å². The maximum Gasteiger partial charge on any atom is 0.407 e. The highest BCUT2D eigenvalue weighted by Crippen LogP contribution is 2.53. The van der Waals surface area contributed by atoms with Crippen LogP contribution in [0.15, 0.2) is 54.7 Å². The van der Waals surface area contributed by atoms with Gasteiger partial charge in [0.2, 0.25) is 5.91 Å². The lowest BCUT2D eigenvalue weighted by molar-refractivity contribution is -0.136. The number of carbonyl (C=O) groups is 2. The number of aromatic nitrogens is 4. The Morgan fingerprint density at radius 1 is 0.979 bits per heavy atom. The van der Waals surface area contributed by atoms with Gasteiger partial charge in [-0.15, -0.1) is 0 Å². The molecular weight excluding hydrogens is 609 g/mol. The number of benzene rings is 3. The number of hydrogen-bond acceptors (Lipinski definition) is 6. The fourth-order valence-corrected chi connectivity index (χ4v) is 8.13. The van der Waals surface area contributed by atoms with Crippen LogP contribution >= 0.6 is 0 Å². The van der Waals surface area contributed by atoms with Gasteiger partial charge >= 0.3 is 6.09 Å². The van der Waals surface area contributed by atoms with Crippen LogP contribution in [0.25, 0.3) is 44.2 Å². The molecule has 2 saturated carbocycles. The molecule has 5 aromatic rings. The van der Waals surface area contributed by atoms with Gasteiger partial charge in [-0.05, 0) is 84.2 Å². The Kier molecular flexibility index (Phi) is 6.66. The molecule has 2 aromatic heterocycles. The first-order valence-electron chi connectivity index (χ1n) is 17.0. The molecule has 2 amide bonds. The van der Waals surface area contributed by atoms with Crippen LogP contribution in [0.5, 0.6) is 0 Å². The molecule has 1 unspecified atom stereocenters. The zero-order valence-electron chi connectivity index (χ0n) is 27.1. The molecule has 4 heterocycles. The molecule has 10 nitrogen and oxygen atoms in total. The lowest BCUT2D eigenvalue weighted by atomic mass is 9.99. The Morgan fingerprint density at radius 3 is 2.58 bits per heavy atom. The molecule has 2 saturated heterocycles. The van der Waals surface area contributed by atoms with Crippen LogP contribution in [0.3, 0.4) is 0 Å². The third-order valence-corrected chi connectivity index (χ3v) is 10.9. The van der Waals surface area contributed by atoms with E-state index in [9.17, 15) is 9.59 Å². The van der Waals surface area contributed by atoms with E-state index < -0.39 is 12.1 Å². The van der Waals surface area contributed by atoms with Gasteiger partial charge in [-0.3, -0.25) is 4.79 Å². The number of likely N-dealkylation sites (tertiary alicyclic amines) is 1. The van der Waals surface area contributed by atoms with Gasteiger partial charge in [0, 0.05) is 23.0 Å². The van der Waals surface area contributed by atoms with E-state index in [1.165, 1.54) is 13.5 Å². The number of carbonyl (C=O) groups excluding carboxylic acids is 2. The molecule has 2 aliphatic carbocycles. The van der Waals surface area contributed by atoms with Crippen molar-refractivity contribution in [1.29, 1.82) is 0 Å². The van der Waals surface area contributed by atoms with E-state index in [4.69, 9.17) is 9.72 Å². The minimum Gasteiger partial charge on any atom is -0.453 e. The Hall–Kier alpha value is -4.77. The Labute approximate surface area is 276 Å². The second-order valence-electron chi connectivity index (χ2n) is 14.4. The molecule has 48 heavy (non-hydrogen) atoms. The average molecular weight is 648 g/mol. The highest BCUT2D eigenvalue weighted by molar-refractivity contribution is 6.05. The van der Waals surface area contributed by atoms with Crippen LogP contribution < -0.4 is 10.6 Å².